The van der Waals surface area contributed by atoms with Gasteiger partial charge in [0.15, 0.2) is 0 Å². The second kappa shape index (κ2) is 7.87. The molecule has 2 aromatic rings. The number of benzene rings is 2. The molecular weight excluding hydrogens is 418 g/mol. The van der Waals surface area contributed by atoms with Gasteiger partial charge in [-0.15, -0.1) is 5.11 Å². The van der Waals surface area contributed by atoms with E-state index in [0.29, 0.717) is 27.8 Å². The Labute approximate surface area is 167 Å². The summed E-state index contributed by atoms with van der Waals surface area (Å²) >= 11 is 0. The summed E-state index contributed by atoms with van der Waals surface area (Å²) in [5, 5.41) is 12.4. The maximum atomic E-state index is 11.4. The zero-order valence-corrected chi connectivity index (χ0v) is 16.8. The molecule has 1 aliphatic carbocycles. The minimum atomic E-state index is -4.36. The smallest absolute Gasteiger partial charge is 0.294 e. The molecule has 0 aliphatic heterocycles. The molecule has 0 fully saturated rings. The summed E-state index contributed by atoms with van der Waals surface area (Å²) in [4.78, 5) is -0.464. The lowest BCUT2D eigenvalue weighted by atomic mass is 10.1. The van der Waals surface area contributed by atoms with Gasteiger partial charge in [0.2, 0.25) is 0 Å². The van der Waals surface area contributed by atoms with Gasteiger partial charge in [-0.2, -0.15) is 21.9 Å². The van der Waals surface area contributed by atoms with Crippen LogP contribution in [0.3, 0.4) is 0 Å². The summed E-state index contributed by atoms with van der Waals surface area (Å²) in [6.45, 7) is 0. The van der Waals surface area contributed by atoms with E-state index >= 15 is 0 Å². The summed E-state index contributed by atoms with van der Waals surface area (Å²) in [6, 6.07) is 7.50. The molecule has 0 radical (unpaired) electrons. The molecule has 0 saturated carbocycles. The zero-order chi connectivity index (χ0) is 21.2. The molecule has 29 heavy (non-hydrogen) atoms. The third kappa shape index (κ3) is 4.77. The van der Waals surface area contributed by atoms with Crippen LogP contribution in [0.4, 0.5) is 11.4 Å². The number of hydrogen-bond acceptors (Lipinski definition) is 7. The summed E-state index contributed by atoms with van der Waals surface area (Å²) < 4.78 is 63.7. The quantitative estimate of drug-likeness (QED) is 0.478. The summed E-state index contributed by atoms with van der Waals surface area (Å²) in [6.07, 6.45) is 5.87. The first-order valence-electron chi connectivity index (χ1n) is 8.29. The van der Waals surface area contributed by atoms with E-state index in [9.17, 15) is 21.4 Å². The van der Waals surface area contributed by atoms with Crippen LogP contribution in [0.15, 0.2) is 80.4 Å². The van der Waals surface area contributed by atoms with Crippen molar-refractivity contribution in [3.63, 3.8) is 0 Å². The Balaban J connectivity index is 2.00. The number of hydrogen-bond donors (Lipinski definition) is 3. The molecule has 0 saturated heterocycles. The standard InChI is InChI=1S/C18H17N3O6S2/c1-19-17-9-10-18(15-8-7-14(11-16(15)17)29(25,26)27)21-20-12-3-2-4-13(6-5-12)28(22,23)24/h3-11,19H,2H2,1H3,(H,22,23,24)(H,25,26,27). The minimum absolute atomic E-state index is 0.222. The van der Waals surface area contributed by atoms with Gasteiger partial charge in [0.1, 0.15) is 0 Å². The summed E-state index contributed by atoms with van der Waals surface area (Å²) in [7, 11) is -6.98. The van der Waals surface area contributed by atoms with Gasteiger partial charge in [0, 0.05) is 23.5 Å². The molecule has 0 amide bonds. The summed E-state index contributed by atoms with van der Waals surface area (Å²) in [5.41, 5.74) is 1.47. The molecular formula is C18H17N3O6S2. The van der Waals surface area contributed by atoms with Gasteiger partial charge in [-0.3, -0.25) is 9.11 Å². The number of allylic oxidation sites excluding steroid dienone is 4. The van der Waals surface area contributed by atoms with Crippen LogP contribution in [0.25, 0.3) is 10.8 Å². The van der Waals surface area contributed by atoms with Crippen LogP contribution in [0.5, 0.6) is 0 Å². The van der Waals surface area contributed by atoms with Crippen molar-refractivity contribution in [2.24, 2.45) is 10.2 Å². The lowest BCUT2D eigenvalue weighted by molar-refractivity contribution is 0.483. The molecule has 0 bridgehead atoms. The maximum absolute atomic E-state index is 11.4. The van der Waals surface area contributed by atoms with E-state index in [2.05, 4.69) is 15.5 Å². The number of nitrogens with one attached hydrogen (secondary N) is 1. The van der Waals surface area contributed by atoms with Crippen molar-refractivity contribution in [2.45, 2.75) is 11.3 Å². The topological polar surface area (TPSA) is 145 Å². The van der Waals surface area contributed by atoms with Gasteiger partial charge in [-0.25, -0.2) is 0 Å². The second-order valence-corrected chi connectivity index (χ2v) is 8.89. The normalized spacial score (nSPS) is 15.3. The Kier molecular flexibility index (Phi) is 5.66. The molecule has 1 aliphatic rings. The van der Waals surface area contributed by atoms with Crippen LogP contribution >= 0.6 is 0 Å². The van der Waals surface area contributed by atoms with Crippen molar-refractivity contribution in [1.29, 1.82) is 0 Å². The van der Waals surface area contributed by atoms with Crippen molar-refractivity contribution < 1.29 is 25.9 Å². The largest absolute Gasteiger partial charge is 0.388 e. The summed E-state index contributed by atoms with van der Waals surface area (Å²) in [5.74, 6) is 0. The Hall–Kier alpha value is -2.86. The first-order chi connectivity index (χ1) is 13.6. The highest BCUT2D eigenvalue weighted by Crippen LogP contribution is 2.34. The highest BCUT2D eigenvalue weighted by molar-refractivity contribution is 7.90. The van der Waals surface area contributed by atoms with Crippen molar-refractivity contribution in [3.05, 3.63) is 65.2 Å². The van der Waals surface area contributed by atoms with Crippen LogP contribution in [0.1, 0.15) is 6.42 Å². The predicted octanol–water partition coefficient (Wildman–Crippen LogP) is 3.83. The SMILES string of the molecule is CNc1ccc(N=NC2=CCC=C(S(=O)(=O)O)C=C2)c2ccc(S(=O)(=O)O)cc12. The van der Waals surface area contributed by atoms with E-state index in [1.807, 2.05) is 0 Å². The van der Waals surface area contributed by atoms with Gasteiger partial charge in [-0.1, -0.05) is 18.2 Å². The highest BCUT2D eigenvalue weighted by atomic mass is 32.2. The Morgan fingerprint density at radius 2 is 1.66 bits per heavy atom. The molecule has 3 N–H and O–H groups in total. The first kappa shape index (κ1) is 20.9. The molecule has 0 unspecified atom stereocenters. The molecule has 0 aromatic heterocycles. The fourth-order valence-electron chi connectivity index (χ4n) is 2.75. The monoisotopic (exact) mass is 435 g/mol. The van der Waals surface area contributed by atoms with Gasteiger partial charge >= 0.3 is 0 Å². The number of rotatable bonds is 5. The van der Waals surface area contributed by atoms with Gasteiger partial charge in [-0.05, 0) is 42.8 Å². The molecule has 11 heteroatoms. The van der Waals surface area contributed by atoms with Crippen LogP contribution in [-0.4, -0.2) is 33.0 Å². The van der Waals surface area contributed by atoms with E-state index in [4.69, 9.17) is 4.55 Å². The van der Waals surface area contributed by atoms with Crippen LogP contribution in [0.2, 0.25) is 0 Å². The van der Waals surface area contributed by atoms with E-state index in [1.165, 1.54) is 36.4 Å². The fraction of sp³-hybridized carbons (Fsp3) is 0.111. The Bertz CT molecular complexity index is 1310. The number of anilines is 1. The Morgan fingerprint density at radius 3 is 2.31 bits per heavy atom. The minimum Gasteiger partial charge on any atom is -0.388 e. The first-order valence-corrected chi connectivity index (χ1v) is 11.2. The molecule has 0 atom stereocenters. The van der Waals surface area contributed by atoms with Gasteiger partial charge < -0.3 is 5.32 Å². The number of azo groups is 1. The molecule has 2 aromatic carbocycles. The average molecular weight is 435 g/mol. The average Bonchev–Trinajstić information content (AvgIpc) is 2.90. The van der Waals surface area contributed by atoms with Crippen molar-refractivity contribution in [3.8, 4) is 0 Å². The lowest BCUT2D eigenvalue weighted by Crippen LogP contribution is -1.98. The number of fused-ring (bicyclic) bond motifs is 1. The lowest BCUT2D eigenvalue weighted by Gasteiger charge is -2.09. The molecule has 0 heterocycles. The predicted molar refractivity (Wildman–Crippen MR) is 109 cm³/mol. The van der Waals surface area contributed by atoms with E-state index in [0.717, 1.165) is 0 Å². The maximum Gasteiger partial charge on any atom is 0.294 e. The van der Waals surface area contributed by atoms with Crippen molar-refractivity contribution >= 4 is 42.4 Å². The third-order valence-electron chi connectivity index (χ3n) is 4.17. The van der Waals surface area contributed by atoms with E-state index in [1.54, 1.807) is 25.3 Å². The van der Waals surface area contributed by atoms with Crippen molar-refractivity contribution in [1.82, 2.24) is 0 Å². The molecule has 152 valence electrons. The van der Waals surface area contributed by atoms with Gasteiger partial charge in [0.25, 0.3) is 20.2 Å². The fourth-order valence-corrected chi connectivity index (χ4v) is 3.81. The highest BCUT2D eigenvalue weighted by Gasteiger charge is 2.14. The van der Waals surface area contributed by atoms with Crippen molar-refractivity contribution in [2.75, 3.05) is 12.4 Å². The molecule has 9 nitrogen and oxygen atoms in total. The van der Waals surface area contributed by atoms with E-state index < -0.39 is 20.2 Å². The van der Waals surface area contributed by atoms with Crippen LogP contribution in [0, 0.1) is 0 Å². The Morgan fingerprint density at radius 1 is 0.897 bits per heavy atom. The van der Waals surface area contributed by atoms with E-state index in [-0.39, 0.29) is 16.2 Å². The zero-order valence-electron chi connectivity index (χ0n) is 15.1. The van der Waals surface area contributed by atoms with Crippen LogP contribution < -0.4 is 5.32 Å². The molecule has 3 rings (SSSR count). The number of nitrogens with zero attached hydrogens (tertiary/aromatic N) is 2. The molecule has 0 spiro atoms. The third-order valence-corrected chi connectivity index (χ3v) is 5.92. The second-order valence-electron chi connectivity index (χ2n) is 6.04. The van der Waals surface area contributed by atoms with Crippen LogP contribution in [-0.2, 0) is 20.2 Å². The van der Waals surface area contributed by atoms with Gasteiger partial charge in [0.05, 0.1) is 21.2 Å².